The highest BCUT2D eigenvalue weighted by molar-refractivity contribution is 5.89. The van der Waals surface area contributed by atoms with Crippen molar-refractivity contribution in [1.29, 1.82) is 0 Å². The van der Waals surface area contributed by atoms with Crippen LogP contribution in [0.3, 0.4) is 0 Å². The minimum absolute atomic E-state index is 0.308. The lowest BCUT2D eigenvalue weighted by Gasteiger charge is -2.00. The summed E-state index contributed by atoms with van der Waals surface area (Å²) in [5.74, 6) is -0.308. The van der Waals surface area contributed by atoms with Crippen molar-refractivity contribution < 1.29 is 14.6 Å². The molecule has 0 saturated heterocycles. The molecule has 0 atom stereocenters. The Morgan fingerprint density at radius 2 is 1.88 bits per heavy atom. The number of unbranched alkanes of at least 4 members (excludes halogenated alkanes) is 1. The molecule has 96 valence electrons. The zero-order valence-electron chi connectivity index (χ0n) is 10.5. The van der Waals surface area contributed by atoms with Crippen LogP contribution in [0.2, 0.25) is 0 Å². The maximum Gasteiger partial charge on any atom is 0.338 e. The monoisotopic (exact) mass is 239 g/mol. The second kappa shape index (κ2) is 9.66. The molecule has 1 rings (SSSR count). The lowest BCUT2D eigenvalue weighted by atomic mass is 10.2. The van der Waals surface area contributed by atoms with Crippen LogP contribution in [0.4, 0.5) is 5.69 Å². The quantitative estimate of drug-likeness (QED) is 0.624. The molecule has 1 aromatic carbocycles. The van der Waals surface area contributed by atoms with E-state index in [2.05, 4.69) is 6.92 Å². The number of aliphatic hydroxyl groups is 1. The molecule has 0 aromatic heterocycles. The van der Waals surface area contributed by atoms with Crippen LogP contribution < -0.4 is 5.73 Å². The van der Waals surface area contributed by atoms with E-state index in [-0.39, 0.29) is 5.97 Å². The summed E-state index contributed by atoms with van der Waals surface area (Å²) in [6, 6.07) is 6.64. The molecule has 1 aromatic rings. The highest BCUT2D eigenvalue weighted by Crippen LogP contribution is 2.06. The van der Waals surface area contributed by atoms with Gasteiger partial charge in [-0.3, -0.25) is 0 Å². The molecule has 0 bridgehead atoms. The summed E-state index contributed by atoms with van der Waals surface area (Å²) < 4.78 is 4.79. The Morgan fingerprint density at radius 3 is 2.24 bits per heavy atom. The number of esters is 1. The Bertz CT molecular complexity index is 307. The zero-order chi connectivity index (χ0) is 13.1. The summed E-state index contributed by atoms with van der Waals surface area (Å²) in [5.41, 5.74) is 6.62. The van der Waals surface area contributed by atoms with Crippen molar-refractivity contribution in [3.05, 3.63) is 29.8 Å². The topological polar surface area (TPSA) is 72.5 Å². The van der Waals surface area contributed by atoms with Gasteiger partial charge in [-0.25, -0.2) is 4.79 Å². The van der Waals surface area contributed by atoms with Crippen LogP contribution in [0.15, 0.2) is 24.3 Å². The first-order valence-electron chi connectivity index (χ1n) is 5.79. The Kier molecular flexibility index (Phi) is 8.78. The van der Waals surface area contributed by atoms with Crippen molar-refractivity contribution in [1.82, 2.24) is 0 Å². The van der Waals surface area contributed by atoms with Gasteiger partial charge in [-0.15, -0.1) is 0 Å². The molecule has 3 N–H and O–H groups in total. The summed E-state index contributed by atoms with van der Waals surface area (Å²) in [7, 11) is 0. The lowest BCUT2D eigenvalue weighted by Crippen LogP contribution is -2.04. The molecule has 4 heteroatoms. The zero-order valence-corrected chi connectivity index (χ0v) is 10.5. The molecule has 0 aliphatic carbocycles. The Hall–Kier alpha value is -1.55. The number of nitrogen functional groups attached to an aromatic ring is 1. The fraction of sp³-hybridized carbons (Fsp3) is 0.462. The summed E-state index contributed by atoms with van der Waals surface area (Å²) in [6.45, 7) is 4.56. The van der Waals surface area contributed by atoms with E-state index in [9.17, 15) is 4.79 Å². The maximum atomic E-state index is 11.1. The second-order valence-corrected chi connectivity index (χ2v) is 3.42. The summed E-state index contributed by atoms with van der Waals surface area (Å²) in [4.78, 5) is 11.1. The number of ether oxygens (including phenoxy) is 1. The van der Waals surface area contributed by atoms with Crippen molar-refractivity contribution in [3.63, 3.8) is 0 Å². The Labute approximate surface area is 102 Å². The molecule has 0 spiro atoms. The van der Waals surface area contributed by atoms with Gasteiger partial charge in [0.25, 0.3) is 0 Å². The van der Waals surface area contributed by atoms with Gasteiger partial charge in [0.1, 0.15) is 0 Å². The molecule has 0 saturated carbocycles. The van der Waals surface area contributed by atoms with E-state index in [1.54, 1.807) is 31.2 Å². The van der Waals surface area contributed by atoms with Crippen LogP contribution in [-0.2, 0) is 4.74 Å². The predicted molar refractivity (Wildman–Crippen MR) is 68.8 cm³/mol. The number of aliphatic hydroxyl groups excluding tert-OH is 1. The molecule has 0 amide bonds. The fourth-order valence-electron chi connectivity index (χ4n) is 0.992. The standard InChI is InChI=1S/C9H11NO2.C4H10O/c1-2-12-9(11)7-3-5-8(10)6-4-7;1-2-3-4-5/h3-6H,2,10H2,1H3;5H,2-4H2,1H3. The number of hydrogen-bond acceptors (Lipinski definition) is 4. The molecular formula is C13H21NO3. The molecule has 4 nitrogen and oxygen atoms in total. The van der Waals surface area contributed by atoms with Gasteiger partial charge in [-0.1, -0.05) is 13.3 Å². The van der Waals surface area contributed by atoms with E-state index in [0.717, 1.165) is 12.8 Å². The number of anilines is 1. The van der Waals surface area contributed by atoms with Gasteiger partial charge in [0.2, 0.25) is 0 Å². The molecule has 0 heterocycles. The van der Waals surface area contributed by atoms with E-state index in [1.807, 2.05) is 0 Å². The van der Waals surface area contributed by atoms with Crippen molar-refractivity contribution >= 4 is 11.7 Å². The summed E-state index contributed by atoms with van der Waals surface area (Å²) in [5, 5.41) is 8.07. The van der Waals surface area contributed by atoms with Gasteiger partial charge in [0.15, 0.2) is 0 Å². The van der Waals surface area contributed by atoms with E-state index >= 15 is 0 Å². The van der Waals surface area contributed by atoms with Crippen LogP contribution in [0.5, 0.6) is 0 Å². The number of carbonyl (C=O) groups excluding carboxylic acids is 1. The average molecular weight is 239 g/mol. The van der Waals surface area contributed by atoms with Gasteiger partial charge in [-0.05, 0) is 37.6 Å². The van der Waals surface area contributed by atoms with Gasteiger partial charge >= 0.3 is 5.97 Å². The smallest absolute Gasteiger partial charge is 0.338 e. The van der Waals surface area contributed by atoms with E-state index < -0.39 is 0 Å². The van der Waals surface area contributed by atoms with Crippen LogP contribution in [0, 0.1) is 0 Å². The predicted octanol–water partition coefficient (Wildman–Crippen LogP) is 2.22. The SMILES string of the molecule is CCCCO.CCOC(=O)c1ccc(N)cc1. The largest absolute Gasteiger partial charge is 0.462 e. The first kappa shape index (κ1) is 15.4. The van der Waals surface area contributed by atoms with Gasteiger partial charge in [0.05, 0.1) is 12.2 Å². The first-order chi connectivity index (χ1) is 8.15. The minimum atomic E-state index is -0.308. The van der Waals surface area contributed by atoms with Crippen molar-refractivity contribution in [2.75, 3.05) is 18.9 Å². The van der Waals surface area contributed by atoms with E-state index in [0.29, 0.717) is 24.5 Å². The molecule has 17 heavy (non-hydrogen) atoms. The molecular weight excluding hydrogens is 218 g/mol. The third-order valence-corrected chi connectivity index (χ3v) is 1.93. The third kappa shape index (κ3) is 7.36. The molecule has 0 radical (unpaired) electrons. The molecule has 0 aliphatic rings. The van der Waals surface area contributed by atoms with Gasteiger partial charge < -0.3 is 15.6 Å². The highest BCUT2D eigenvalue weighted by atomic mass is 16.5. The fourth-order valence-corrected chi connectivity index (χ4v) is 0.992. The first-order valence-corrected chi connectivity index (χ1v) is 5.79. The number of carbonyl (C=O) groups is 1. The van der Waals surface area contributed by atoms with Crippen LogP contribution in [0.1, 0.15) is 37.0 Å². The molecule has 0 unspecified atom stereocenters. The van der Waals surface area contributed by atoms with Crippen LogP contribution >= 0.6 is 0 Å². The van der Waals surface area contributed by atoms with E-state index in [4.69, 9.17) is 15.6 Å². The summed E-state index contributed by atoms with van der Waals surface area (Å²) >= 11 is 0. The Morgan fingerprint density at radius 1 is 1.29 bits per heavy atom. The number of nitrogens with two attached hydrogens (primary N) is 1. The van der Waals surface area contributed by atoms with E-state index in [1.165, 1.54) is 0 Å². The highest BCUT2D eigenvalue weighted by Gasteiger charge is 2.03. The van der Waals surface area contributed by atoms with Gasteiger partial charge in [-0.2, -0.15) is 0 Å². The normalized spacial score (nSPS) is 9.12. The number of benzene rings is 1. The third-order valence-electron chi connectivity index (χ3n) is 1.93. The lowest BCUT2D eigenvalue weighted by molar-refractivity contribution is 0.0526. The minimum Gasteiger partial charge on any atom is -0.462 e. The molecule has 0 fully saturated rings. The summed E-state index contributed by atoms with van der Waals surface area (Å²) in [6.07, 6.45) is 2.04. The Balaban J connectivity index is 0.000000437. The van der Waals surface area contributed by atoms with Gasteiger partial charge in [0, 0.05) is 12.3 Å². The number of hydrogen-bond donors (Lipinski definition) is 2. The number of rotatable bonds is 4. The van der Waals surface area contributed by atoms with Crippen molar-refractivity contribution in [3.8, 4) is 0 Å². The second-order valence-electron chi connectivity index (χ2n) is 3.42. The van der Waals surface area contributed by atoms with Crippen LogP contribution in [-0.4, -0.2) is 24.3 Å². The average Bonchev–Trinajstić information content (AvgIpc) is 2.32. The van der Waals surface area contributed by atoms with Crippen molar-refractivity contribution in [2.24, 2.45) is 0 Å². The molecule has 0 aliphatic heterocycles. The maximum absolute atomic E-state index is 11.1. The van der Waals surface area contributed by atoms with Crippen LogP contribution in [0.25, 0.3) is 0 Å². The van der Waals surface area contributed by atoms with Crippen molar-refractivity contribution in [2.45, 2.75) is 26.7 Å².